The number of nitrogens with zero attached hydrogens (tertiary/aromatic N) is 1. The van der Waals surface area contributed by atoms with Crippen molar-refractivity contribution >= 4 is 11.9 Å². The van der Waals surface area contributed by atoms with E-state index in [2.05, 4.69) is 0 Å². The number of hydrogen-bond acceptors (Lipinski definition) is 3. The fourth-order valence-corrected chi connectivity index (χ4v) is 4.57. The first-order valence-corrected chi connectivity index (χ1v) is 8.23. The highest BCUT2D eigenvalue weighted by Crippen LogP contribution is 2.55. The summed E-state index contributed by atoms with van der Waals surface area (Å²) in [5, 5.41) is 19.7. The number of likely N-dealkylation sites (tertiary alicyclic amines) is 1. The van der Waals surface area contributed by atoms with Crippen LogP contribution in [-0.2, 0) is 16.1 Å². The van der Waals surface area contributed by atoms with Crippen LogP contribution in [0.25, 0.3) is 0 Å². The van der Waals surface area contributed by atoms with E-state index in [9.17, 15) is 19.8 Å². The summed E-state index contributed by atoms with van der Waals surface area (Å²) in [4.78, 5) is 26.1. The van der Waals surface area contributed by atoms with Gasteiger partial charge in [-0.3, -0.25) is 14.5 Å². The van der Waals surface area contributed by atoms with Crippen molar-refractivity contribution in [2.45, 2.75) is 38.6 Å². The second-order valence-corrected chi connectivity index (χ2v) is 6.99. The van der Waals surface area contributed by atoms with Gasteiger partial charge in [0, 0.05) is 25.0 Å². The average molecular weight is 317 g/mol. The van der Waals surface area contributed by atoms with Gasteiger partial charge in [0.15, 0.2) is 5.41 Å². The van der Waals surface area contributed by atoms with E-state index in [0.717, 1.165) is 24.8 Å². The Morgan fingerprint density at radius 2 is 1.57 bits per heavy atom. The van der Waals surface area contributed by atoms with E-state index < -0.39 is 22.8 Å². The molecule has 2 fully saturated rings. The van der Waals surface area contributed by atoms with Crippen LogP contribution in [0.1, 0.15) is 37.7 Å². The van der Waals surface area contributed by atoms with E-state index in [-0.39, 0.29) is 6.54 Å². The van der Waals surface area contributed by atoms with Crippen LogP contribution < -0.4 is 0 Å². The van der Waals surface area contributed by atoms with Gasteiger partial charge < -0.3 is 10.2 Å². The van der Waals surface area contributed by atoms with Gasteiger partial charge in [-0.2, -0.15) is 0 Å². The molecule has 5 heteroatoms. The maximum Gasteiger partial charge on any atom is 0.323 e. The molecule has 0 amide bonds. The van der Waals surface area contributed by atoms with Gasteiger partial charge in [-0.05, 0) is 18.4 Å². The van der Waals surface area contributed by atoms with Crippen LogP contribution in [0.4, 0.5) is 0 Å². The van der Waals surface area contributed by atoms with Gasteiger partial charge in [0.25, 0.3) is 0 Å². The molecule has 1 aliphatic carbocycles. The van der Waals surface area contributed by atoms with E-state index in [1.54, 1.807) is 0 Å². The molecule has 1 aromatic rings. The Bertz CT molecular complexity index is 578. The second-order valence-electron chi connectivity index (χ2n) is 6.99. The zero-order chi connectivity index (χ0) is 16.5. The molecular formula is C18H23NO4. The fourth-order valence-electron chi connectivity index (χ4n) is 4.57. The molecule has 1 saturated carbocycles. The Morgan fingerprint density at radius 3 is 2.13 bits per heavy atom. The number of benzene rings is 1. The van der Waals surface area contributed by atoms with Crippen LogP contribution in [0, 0.1) is 10.8 Å². The highest BCUT2D eigenvalue weighted by Gasteiger charge is 2.66. The SMILES string of the molecule is O=C(O)C1(C(=O)O)CN(Cc2ccccc2)CC12CCCCC2. The molecule has 1 aromatic carbocycles. The van der Waals surface area contributed by atoms with Crippen molar-refractivity contribution in [3.05, 3.63) is 35.9 Å². The van der Waals surface area contributed by atoms with Crippen molar-refractivity contribution in [3.8, 4) is 0 Å². The van der Waals surface area contributed by atoms with E-state index in [0.29, 0.717) is 25.9 Å². The standard InChI is InChI=1S/C18H23NO4/c20-15(21)18(16(22)23)13-19(11-14-7-3-1-4-8-14)12-17(18)9-5-2-6-10-17/h1,3-4,7-8H,2,5-6,9-13H2,(H,20,21)(H,22,23). The molecular weight excluding hydrogens is 294 g/mol. The van der Waals surface area contributed by atoms with Crippen molar-refractivity contribution in [1.82, 2.24) is 4.90 Å². The fraction of sp³-hybridized carbons (Fsp3) is 0.556. The molecule has 0 atom stereocenters. The third-order valence-corrected chi connectivity index (χ3v) is 5.68. The van der Waals surface area contributed by atoms with Crippen LogP contribution in [0.5, 0.6) is 0 Å². The highest BCUT2D eigenvalue weighted by atomic mass is 16.4. The number of aliphatic carboxylic acids is 2. The Balaban J connectivity index is 1.93. The Labute approximate surface area is 135 Å². The van der Waals surface area contributed by atoms with Gasteiger partial charge in [0.05, 0.1) is 0 Å². The molecule has 2 N–H and O–H groups in total. The number of rotatable bonds is 4. The molecule has 23 heavy (non-hydrogen) atoms. The monoisotopic (exact) mass is 317 g/mol. The molecule has 1 aliphatic heterocycles. The first kappa shape index (κ1) is 16.0. The van der Waals surface area contributed by atoms with E-state index >= 15 is 0 Å². The van der Waals surface area contributed by atoms with Gasteiger partial charge in [0.1, 0.15) is 0 Å². The van der Waals surface area contributed by atoms with Gasteiger partial charge in [-0.25, -0.2) is 0 Å². The van der Waals surface area contributed by atoms with Crippen LogP contribution in [0.15, 0.2) is 30.3 Å². The lowest BCUT2D eigenvalue weighted by atomic mass is 9.59. The molecule has 1 heterocycles. The molecule has 5 nitrogen and oxygen atoms in total. The summed E-state index contributed by atoms with van der Waals surface area (Å²) < 4.78 is 0. The van der Waals surface area contributed by atoms with Gasteiger partial charge in [0.2, 0.25) is 0 Å². The van der Waals surface area contributed by atoms with Crippen LogP contribution in [0.3, 0.4) is 0 Å². The number of carboxylic acid groups (broad SMARTS) is 2. The highest BCUT2D eigenvalue weighted by molar-refractivity contribution is 6.00. The first-order chi connectivity index (χ1) is 11.0. The van der Waals surface area contributed by atoms with Crippen molar-refractivity contribution in [2.75, 3.05) is 13.1 Å². The predicted octanol–water partition coefficient (Wildman–Crippen LogP) is 2.61. The largest absolute Gasteiger partial charge is 0.480 e. The minimum Gasteiger partial charge on any atom is -0.480 e. The summed E-state index contributed by atoms with van der Waals surface area (Å²) in [6, 6.07) is 9.83. The average Bonchev–Trinajstić information content (AvgIpc) is 2.83. The molecule has 0 radical (unpaired) electrons. The van der Waals surface area contributed by atoms with Crippen LogP contribution in [0.2, 0.25) is 0 Å². The topological polar surface area (TPSA) is 77.8 Å². The molecule has 1 saturated heterocycles. The summed E-state index contributed by atoms with van der Waals surface area (Å²) >= 11 is 0. The lowest BCUT2D eigenvalue weighted by Crippen LogP contribution is -2.53. The minimum atomic E-state index is -1.68. The zero-order valence-corrected chi connectivity index (χ0v) is 13.2. The number of carboxylic acids is 2. The van der Waals surface area contributed by atoms with Gasteiger partial charge in [-0.1, -0.05) is 49.6 Å². The Hall–Kier alpha value is -1.88. The maximum atomic E-state index is 12.0. The predicted molar refractivity (Wildman–Crippen MR) is 84.9 cm³/mol. The third-order valence-electron chi connectivity index (χ3n) is 5.68. The van der Waals surface area contributed by atoms with Crippen molar-refractivity contribution in [3.63, 3.8) is 0 Å². The summed E-state index contributed by atoms with van der Waals surface area (Å²) in [6.45, 7) is 1.25. The summed E-state index contributed by atoms with van der Waals surface area (Å²) in [5.41, 5.74) is -1.23. The van der Waals surface area contributed by atoms with E-state index in [4.69, 9.17) is 0 Å². The number of carbonyl (C=O) groups is 2. The summed E-state index contributed by atoms with van der Waals surface area (Å²) in [6.07, 6.45) is 4.28. The Kier molecular flexibility index (Phi) is 4.15. The number of hydrogen-bond donors (Lipinski definition) is 2. The zero-order valence-electron chi connectivity index (χ0n) is 13.2. The summed E-state index contributed by atoms with van der Waals surface area (Å²) in [5.74, 6) is -2.36. The summed E-state index contributed by atoms with van der Waals surface area (Å²) in [7, 11) is 0. The molecule has 124 valence electrons. The normalized spacial score (nSPS) is 23.0. The van der Waals surface area contributed by atoms with Crippen LogP contribution >= 0.6 is 0 Å². The molecule has 0 bridgehead atoms. The molecule has 0 aromatic heterocycles. The van der Waals surface area contributed by atoms with Crippen molar-refractivity contribution in [2.24, 2.45) is 10.8 Å². The molecule has 3 rings (SSSR count). The molecule has 1 spiro atoms. The van der Waals surface area contributed by atoms with E-state index in [1.165, 1.54) is 0 Å². The lowest BCUT2D eigenvalue weighted by Gasteiger charge is -2.42. The third kappa shape index (κ3) is 2.53. The van der Waals surface area contributed by atoms with Gasteiger partial charge in [-0.15, -0.1) is 0 Å². The molecule has 2 aliphatic rings. The first-order valence-electron chi connectivity index (χ1n) is 8.23. The second kappa shape index (κ2) is 5.96. The Morgan fingerprint density at radius 1 is 0.957 bits per heavy atom. The molecule has 0 unspecified atom stereocenters. The van der Waals surface area contributed by atoms with Crippen LogP contribution in [-0.4, -0.2) is 40.1 Å². The lowest BCUT2D eigenvalue weighted by molar-refractivity contribution is -0.173. The van der Waals surface area contributed by atoms with Crippen molar-refractivity contribution < 1.29 is 19.8 Å². The van der Waals surface area contributed by atoms with Crippen molar-refractivity contribution in [1.29, 1.82) is 0 Å². The minimum absolute atomic E-state index is 0.0898. The quantitative estimate of drug-likeness (QED) is 0.835. The smallest absolute Gasteiger partial charge is 0.323 e. The van der Waals surface area contributed by atoms with E-state index in [1.807, 2.05) is 35.2 Å². The van der Waals surface area contributed by atoms with Gasteiger partial charge >= 0.3 is 11.9 Å². The maximum absolute atomic E-state index is 12.0.